The third kappa shape index (κ3) is 41.4. The maximum absolute atomic E-state index is 12.7. The molecular weight excluding hydrogens is 661 g/mol. The van der Waals surface area contributed by atoms with E-state index in [0.29, 0.717) is 19.3 Å². The van der Waals surface area contributed by atoms with Gasteiger partial charge >= 0.3 is 17.9 Å². The molecule has 0 aromatic rings. The van der Waals surface area contributed by atoms with Gasteiger partial charge in [0.25, 0.3) is 0 Å². The fourth-order valence-electron chi connectivity index (χ4n) is 6.98. The van der Waals surface area contributed by atoms with E-state index < -0.39 is 6.10 Å². The Labute approximate surface area is 329 Å². The zero-order valence-electron chi connectivity index (χ0n) is 36.0. The summed E-state index contributed by atoms with van der Waals surface area (Å²) >= 11 is 0. The fraction of sp³-hybridized carbons (Fsp3) is 0.936. The molecule has 0 bridgehead atoms. The highest BCUT2D eigenvalue weighted by atomic mass is 16.6. The van der Waals surface area contributed by atoms with Crippen molar-refractivity contribution in [3.05, 3.63) is 0 Å². The molecule has 0 saturated heterocycles. The predicted molar refractivity (Wildman–Crippen MR) is 224 cm³/mol. The van der Waals surface area contributed by atoms with Crippen molar-refractivity contribution in [1.82, 2.24) is 0 Å². The highest BCUT2D eigenvalue weighted by Crippen LogP contribution is 2.16. The molecule has 0 amide bonds. The van der Waals surface area contributed by atoms with E-state index in [2.05, 4.69) is 27.7 Å². The molecule has 0 fully saturated rings. The lowest BCUT2D eigenvalue weighted by Gasteiger charge is -2.18. The molecule has 0 radical (unpaired) electrons. The van der Waals surface area contributed by atoms with Crippen molar-refractivity contribution >= 4 is 17.9 Å². The van der Waals surface area contributed by atoms with Crippen molar-refractivity contribution in [2.24, 2.45) is 5.92 Å². The Morgan fingerprint density at radius 1 is 0.358 bits per heavy atom. The molecule has 0 aliphatic heterocycles. The lowest BCUT2D eigenvalue weighted by atomic mass is 10.0. The van der Waals surface area contributed by atoms with Crippen LogP contribution in [0.5, 0.6) is 0 Å². The zero-order valence-corrected chi connectivity index (χ0v) is 36.0. The Balaban J connectivity index is 4.30. The second-order valence-corrected chi connectivity index (χ2v) is 16.5. The minimum Gasteiger partial charge on any atom is -0.462 e. The molecule has 0 spiro atoms. The van der Waals surface area contributed by atoms with Gasteiger partial charge in [-0.15, -0.1) is 0 Å². The molecule has 0 rings (SSSR count). The summed E-state index contributed by atoms with van der Waals surface area (Å²) in [5.41, 5.74) is 0. The van der Waals surface area contributed by atoms with Crippen molar-refractivity contribution in [3.63, 3.8) is 0 Å². The third-order valence-corrected chi connectivity index (χ3v) is 10.5. The lowest BCUT2D eigenvalue weighted by molar-refractivity contribution is -0.167. The van der Waals surface area contributed by atoms with Gasteiger partial charge in [0.15, 0.2) is 6.10 Å². The number of unbranched alkanes of at least 4 members (excludes halogenated alkanes) is 29. The van der Waals surface area contributed by atoms with E-state index in [-0.39, 0.29) is 31.1 Å². The highest BCUT2D eigenvalue weighted by Gasteiger charge is 2.19. The van der Waals surface area contributed by atoms with Crippen LogP contribution in [0.25, 0.3) is 0 Å². The Kier molecular flexibility index (Phi) is 40.3. The smallest absolute Gasteiger partial charge is 0.306 e. The molecule has 1 atom stereocenters. The summed E-state index contributed by atoms with van der Waals surface area (Å²) in [5.74, 6) is -0.0270. The molecule has 0 unspecified atom stereocenters. The van der Waals surface area contributed by atoms with Crippen molar-refractivity contribution in [2.45, 2.75) is 265 Å². The summed E-state index contributed by atoms with van der Waals surface area (Å²) in [4.78, 5) is 37.7. The summed E-state index contributed by atoms with van der Waals surface area (Å²) < 4.78 is 16.7. The molecule has 314 valence electrons. The molecule has 6 nitrogen and oxygen atoms in total. The van der Waals surface area contributed by atoms with Crippen LogP contribution >= 0.6 is 0 Å². The SMILES string of the molecule is CCCCCCCCCCCCCC(=O)OC[C@H](COC(=O)CCCCCCCCCCCCCC(C)C)OC(=O)CCCCCCCCCCCC. The van der Waals surface area contributed by atoms with Crippen LogP contribution in [0.4, 0.5) is 0 Å². The Morgan fingerprint density at radius 2 is 0.623 bits per heavy atom. The van der Waals surface area contributed by atoms with Gasteiger partial charge in [0.05, 0.1) is 0 Å². The Hall–Kier alpha value is -1.59. The first-order chi connectivity index (χ1) is 25.9. The lowest BCUT2D eigenvalue weighted by Crippen LogP contribution is -2.30. The Bertz CT molecular complexity index is 796. The minimum absolute atomic E-state index is 0.0636. The van der Waals surface area contributed by atoms with Crippen LogP contribution in [0.1, 0.15) is 259 Å². The second kappa shape index (κ2) is 41.6. The quantitative estimate of drug-likeness (QED) is 0.0351. The maximum Gasteiger partial charge on any atom is 0.306 e. The van der Waals surface area contributed by atoms with Gasteiger partial charge in [-0.1, -0.05) is 220 Å². The molecule has 0 aliphatic carbocycles. The highest BCUT2D eigenvalue weighted by molar-refractivity contribution is 5.71. The van der Waals surface area contributed by atoms with E-state index in [9.17, 15) is 14.4 Å². The van der Waals surface area contributed by atoms with E-state index in [1.807, 2.05) is 0 Å². The van der Waals surface area contributed by atoms with Gasteiger partial charge in [0, 0.05) is 19.3 Å². The monoisotopic (exact) mass is 751 g/mol. The van der Waals surface area contributed by atoms with Gasteiger partial charge in [0.1, 0.15) is 13.2 Å². The molecular formula is C47H90O6. The second-order valence-electron chi connectivity index (χ2n) is 16.5. The topological polar surface area (TPSA) is 78.9 Å². The van der Waals surface area contributed by atoms with E-state index in [4.69, 9.17) is 14.2 Å². The van der Waals surface area contributed by atoms with Crippen LogP contribution in [0.2, 0.25) is 0 Å². The molecule has 6 heteroatoms. The van der Waals surface area contributed by atoms with E-state index in [1.54, 1.807) is 0 Å². The summed E-state index contributed by atoms with van der Waals surface area (Å²) in [7, 11) is 0. The first-order valence-electron chi connectivity index (χ1n) is 23.4. The van der Waals surface area contributed by atoms with E-state index in [1.165, 1.54) is 154 Å². The number of carbonyl (C=O) groups excluding carboxylic acids is 3. The van der Waals surface area contributed by atoms with Gasteiger partial charge < -0.3 is 14.2 Å². The van der Waals surface area contributed by atoms with Gasteiger partial charge in [-0.3, -0.25) is 14.4 Å². The van der Waals surface area contributed by atoms with E-state index in [0.717, 1.165) is 63.7 Å². The van der Waals surface area contributed by atoms with Gasteiger partial charge in [-0.2, -0.15) is 0 Å². The summed E-state index contributed by atoms with van der Waals surface area (Å²) in [6.07, 6.45) is 40.8. The van der Waals surface area contributed by atoms with Crippen LogP contribution in [0.15, 0.2) is 0 Å². The van der Waals surface area contributed by atoms with Gasteiger partial charge in [-0.05, 0) is 25.2 Å². The van der Waals surface area contributed by atoms with Crippen LogP contribution < -0.4 is 0 Å². The molecule has 53 heavy (non-hydrogen) atoms. The molecule has 0 saturated carbocycles. The molecule has 0 aliphatic rings. The molecule has 0 aromatic carbocycles. The average molecular weight is 751 g/mol. The van der Waals surface area contributed by atoms with Crippen LogP contribution in [-0.2, 0) is 28.6 Å². The summed E-state index contributed by atoms with van der Waals surface area (Å²) in [6.45, 7) is 8.98. The first kappa shape index (κ1) is 51.4. The minimum atomic E-state index is -0.758. The standard InChI is InChI=1S/C47H90O6/c1-5-7-9-11-13-15-18-23-26-30-34-38-45(48)51-41-44(53-47(50)40-36-32-28-22-16-14-12-10-8-6-2)42-52-46(49)39-35-31-27-24-20-17-19-21-25-29-33-37-43(3)4/h43-44H,5-42H2,1-4H3/t44-/m1/s1. The third-order valence-electron chi connectivity index (χ3n) is 10.5. The number of hydrogen-bond donors (Lipinski definition) is 0. The van der Waals surface area contributed by atoms with Crippen LogP contribution in [0, 0.1) is 5.92 Å². The first-order valence-corrected chi connectivity index (χ1v) is 23.4. The van der Waals surface area contributed by atoms with E-state index >= 15 is 0 Å². The largest absolute Gasteiger partial charge is 0.462 e. The summed E-state index contributed by atoms with van der Waals surface area (Å²) in [6, 6.07) is 0. The molecule has 0 heterocycles. The van der Waals surface area contributed by atoms with Crippen LogP contribution in [0.3, 0.4) is 0 Å². The predicted octanol–water partition coefficient (Wildman–Crippen LogP) is 14.7. The number of esters is 3. The van der Waals surface area contributed by atoms with Crippen LogP contribution in [-0.4, -0.2) is 37.2 Å². The van der Waals surface area contributed by atoms with Crippen molar-refractivity contribution in [1.29, 1.82) is 0 Å². The maximum atomic E-state index is 12.7. The Morgan fingerprint density at radius 3 is 0.925 bits per heavy atom. The van der Waals surface area contributed by atoms with Crippen molar-refractivity contribution < 1.29 is 28.6 Å². The van der Waals surface area contributed by atoms with Crippen molar-refractivity contribution in [2.75, 3.05) is 13.2 Å². The van der Waals surface area contributed by atoms with Gasteiger partial charge in [0.2, 0.25) is 0 Å². The average Bonchev–Trinajstić information content (AvgIpc) is 3.14. The number of hydrogen-bond acceptors (Lipinski definition) is 6. The molecule has 0 aromatic heterocycles. The van der Waals surface area contributed by atoms with Crippen molar-refractivity contribution in [3.8, 4) is 0 Å². The number of carbonyl (C=O) groups is 3. The fourth-order valence-corrected chi connectivity index (χ4v) is 6.98. The van der Waals surface area contributed by atoms with Gasteiger partial charge in [-0.25, -0.2) is 0 Å². The normalized spacial score (nSPS) is 11.9. The zero-order chi connectivity index (χ0) is 38.9. The number of ether oxygens (including phenoxy) is 3. The number of rotatable bonds is 42. The molecule has 0 N–H and O–H groups in total. The summed E-state index contributed by atoms with van der Waals surface area (Å²) in [5, 5.41) is 0.